The van der Waals surface area contributed by atoms with E-state index in [1.54, 1.807) is 15.4 Å². The van der Waals surface area contributed by atoms with Gasteiger partial charge in [-0.3, -0.25) is 9.59 Å². The van der Waals surface area contributed by atoms with E-state index in [1.807, 2.05) is 35.2 Å². The van der Waals surface area contributed by atoms with E-state index in [0.29, 0.717) is 33.4 Å². The number of aryl methyl sites for hydroxylation is 1. The van der Waals surface area contributed by atoms with Crippen molar-refractivity contribution in [2.45, 2.75) is 63.3 Å². The predicted octanol–water partition coefficient (Wildman–Crippen LogP) is 5.68. The van der Waals surface area contributed by atoms with E-state index < -0.39 is 24.3 Å². The Morgan fingerprint density at radius 3 is 2.53 bits per heavy atom. The maximum absolute atomic E-state index is 15.3. The highest BCUT2D eigenvalue weighted by Crippen LogP contribution is 2.35. The third kappa shape index (κ3) is 6.32. The first-order valence-electron chi connectivity index (χ1n) is 15.6. The number of allylic oxidation sites excluding steroid dienone is 1. The number of nitrogens with zero attached hydrogens (tertiary/aromatic N) is 7. The van der Waals surface area contributed by atoms with Crippen LogP contribution < -0.4 is 15.8 Å². The molecule has 47 heavy (non-hydrogen) atoms. The Morgan fingerprint density at radius 2 is 1.87 bits per heavy atom. The predicted molar refractivity (Wildman–Crippen MR) is 171 cm³/mol. The van der Waals surface area contributed by atoms with Crippen molar-refractivity contribution < 1.29 is 22.4 Å². The van der Waals surface area contributed by atoms with Crippen LogP contribution in [0.25, 0.3) is 16.9 Å². The van der Waals surface area contributed by atoms with Crippen LogP contribution in [0.4, 0.5) is 34.9 Å². The molecule has 10 nitrogen and oxygen atoms in total. The van der Waals surface area contributed by atoms with Crippen LogP contribution in [0.2, 0.25) is 0 Å². The Bertz CT molecular complexity index is 1860. The molecule has 1 aliphatic heterocycles. The number of pyridine rings is 1. The molecule has 1 unspecified atom stereocenters. The molecule has 1 aromatic carbocycles. The fraction of sp³-hybridized carbons (Fsp3) is 0.424. The van der Waals surface area contributed by atoms with Crippen LogP contribution in [0.3, 0.4) is 0 Å². The smallest absolute Gasteiger partial charge is 0.371 e. The second-order valence-electron chi connectivity index (χ2n) is 12.2. The molecule has 4 heterocycles. The number of nitrogens with one attached hydrogen (secondary N) is 1. The normalized spacial score (nSPS) is 17.5. The molecule has 1 fully saturated rings. The Balaban J connectivity index is 1.19. The minimum Gasteiger partial charge on any atom is -0.371 e. The molecule has 14 heteroatoms. The molecule has 248 valence electrons. The van der Waals surface area contributed by atoms with Gasteiger partial charge < -0.3 is 15.1 Å². The van der Waals surface area contributed by atoms with E-state index in [9.17, 15) is 22.8 Å². The molecule has 3 aromatic heterocycles. The van der Waals surface area contributed by atoms with Crippen LogP contribution in [0.1, 0.15) is 49.8 Å². The molecule has 0 radical (unpaired) electrons. The molecule has 1 aliphatic carbocycles. The number of alkyl halides is 4. The fourth-order valence-corrected chi connectivity index (χ4v) is 6.57. The molecule has 4 aromatic rings. The molecule has 1 N–H and O–H groups in total. The number of fused-ring (bicyclic) bond motifs is 2. The zero-order valence-corrected chi connectivity index (χ0v) is 26.2. The second-order valence-corrected chi connectivity index (χ2v) is 12.2. The molecule has 0 saturated carbocycles. The van der Waals surface area contributed by atoms with Crippen LogP contribution in [0.5, 0.6) is 0 Å². The number of carbonyl (C=O) groups is 1. The summed E-state index contributed by atoms with van der Waals surface area (Å²) in [5, 5.41) is 3.54. The van der Waals surface area contributed by atoms with Gasteiger partial charge in [0.1, 0.15) is 11.1 Å². The molecular formula is C33H36F4N8O2. The summed E-state index contributed by atoms with van der Waals surface area (Å²) >= 11 is 0. The van der Waals surface area contributed by atoms with Crippen LogP contribution in [0, 0.1) is 0 Å². The third-order valence-electron chi connectivity index (χ3n) is 9.09. The van der Waals surface area contributed by atoms with E-state index in [2.05, 4.69) is 29.9 Å². The lowest BCUT2D eigenvalue weighted by molar-refractivity contribution is -0.185. The lowest BCUT2D eigenvalue weighted by Crippen LogP contribution is -2.51. The number of carbonyl (C=O) groups excluding carboxylic acids is 1. The standard InChI is InChI=1S/C33H36F4N8O2/c1-4-16-44-29(46)25-19-38-31(41-28(25)45(44)26-13-8-22-7-6-21(5-2)27(22)40-26)39-23-9-11-24(12-10-23)43-17-14-32(34,15-18-43)20-42(3)30(47)33(35,36)37/h4,8-13,19,21H,1,5-7,14-18,20H2,2-3H3,(H,38,39,41). The Kier molecular flexibility index (Phi) is 8.53. The Labute approximate surface area is 268 Å². The van der Waals surface area contributed by atoms with Gasteiger partial charge in [-0.05, 0) is 55.2 Å². The number of hydrogen-bond acceptors (Lipinski definition) is 7. The van der Waals surface area contributed by atoms with Crippen molar-refractivity contribution in [3.63, 3.8) is 0 Å². The first-order chi connectivity index (χ1) is 22.4. The van der Waals surface area contributed by atoms with Crippen molar-refractivity contribution in [1.29, 1.82) is 0 Å². The summed E-state index contributed by atoms with van der Waals surface area (Å²) in [4.78, 5) is 41.3. The second kappa shape index (κ2) is 12.5. The lowest BCUT2D eigenvalue weighted by Gasteiger charge is -2.39. The first-order valence-corrected chi connectivity index (χ1v) is 15.6. The van der Waals surface area contributed by atoms with E-state index >= 15 is 4.39 Å². The minimum atomic E-state index is -5.04. The van der Waals surface area contributed by atoms with Crippen molar-refractivity contribution in [3.05, 3.63) is 76.9 Å². The Hall–Kier alpha value is -4.75. The number of benzene rings is 1. The van der Waals surface area contributed by atoms with Crippen LogP contribution >= 0.6 is 0 Å². The summed E-state index contributed by atoms with van der Waals surface area (Å²) in [6.45, 7) is 6.19. The van der Waals surface area contributed by atoms with Crippen LogP contribution in [-0.4, -0.2) is 73.6 Å². The molecule has 1 atom stereocenters. The maximum Gasteiger partial charge on any atom is 0.471 e. The van der Waals surface area contributed by atoms with Gasteiger partial charge in [-0.1, -0.05) is 19.1 Å². The first kappa shape index (κ1) is 32.2. The average Bonchev–Trinajstić information content (AvgIpc) is 3.58. The van der Waals surface area contributed by atoms with Gasteiger partial charge in [0.05, 0.1) is 13.1 Å². The Morgan fingerprint density at radius 1 is 1.15 bits per heavy atom. The van der Waals surface area contributed by atoms with Gasteiger partial charge in [0, 0.05) is 62.2 Å². The van der Waals surface area contributed by atoms with E-state index in [0.717, 1.165) is 37.7 Å². The SMILES string of the molecule is C=CCn1c(=O)c2cnc(Nc3ccc(N4CCC(F)(CN(C)C(=O)C(F)(F)F)CC4)cc3)nc2n1-c1ccc2c(n1)C(CC)CC2. The zero-order chi connectivity index (χ0) is 33.5. The topological polar surface area (TPSA) is 101 Å². The van der Waals surface area contributed by atoms with Crippen molar-refractivity contribution in [2.24, 2.45) is 0 Å². The summed E-state index contributed by atoms with van der Waals surface area (Å²) in [5.41, 5.74) is 2.05. The third-order valence-corrected chi connectivity index (χ3v) is 9.09. The molecular weight excluding hydrogens is 616 g/mol. The quantitative estimate of drug-likeness (QED) is 0.184. The zero-order valence-electron chi connectivity index (χ0n) is 26.2. The van der Waals surface area contributed by atoms with E-state index in [-0.39, 0.29) is 44.0 Å². The van der Waals surface area contributed by atoms with Gasteiger partial charge in [0.25, 0.3) is 5.56 Å². The number of hydrogen-bond donors (Lipinski definition) is 1. The monoisotopic (exact) mass is 652 g/mol. The lowest BCUT2D eigenvalue weighted by atomic mass is 9.92. The van der Waals surface area contributed by atoms with Gasteiger partial charge in [-0.25, -0.2) is 23.7 Å². The number of amides is 1. The number of piperidine rings is 1. The summed E-state index contributed by atoms with van der Waals surface area (Å²) in [6.07, 6.45) is 1.12. The summed E-state index contributed by atoms with van der Waals surface area (Å²) in [7, 11) is 0.970. The van der Waals surface area contributed by atoms with Gasteiger partial charge >= 0.3 is 12.1 Å². The van der Waals surface area contributed by atoms with Crippen molar-refractivity contribution in [1.82, 2.24) is 29.2 Å². The summed E-state index contributed by atoms with van der Waals surface area (Å²) in [6, 6.07) is 11.3. The molecule has 2 aliphatic rings. The highest BCUT2D eigenvalue weighted by molar-refractivity contribution is 5.81. The maximum atomic E-state index is 15.3. The summed E-state index contributed by atoms with van der Waals surface area (Å²) in [5.74, 6) is -0.795. The van der Waals surface area contributed by atoms with Crippen molar-refractivity contribution in [3.8, 4) is 5.82 Å². The largest absolute Gasteiger partial charge is 0.471 e. The van der Waals surface area contributed by atoms with Gasteiger partial charge in [-0.15, -0.1) is 6.58 Å². The fourth-order valence-electron chi connectivity index (χ4n) is 6.57. The van der Waals surface area contributed by atoms with E-state index in [1.165, 1.54) is 11.8 Å². The molecule has 6 rings (SSSR count). The van der Waals surface area contributed by atoms with Crippen molar-refractivity contribution >= 4 is 34.3 Å². The number of anilines is 3. The number of halogens is 4. The highest BCUT2D eigenvalue weighted by atomic mass is 19.4. The number of aromatic nitrogens is 5. The molecule has 0 bridgehead atoms. The summed E-state index contributed by atoms with van der Waals surface area (Å²) < 4.78 is 56.8. The minimum absolute atomic E-state index is 0.0122. The van der Waals surface area contributed by atoms with E-state index in [4.69, 9.17) is 9.97 Å². The van der Waals surface area contributed by atoms with Crippen LogP contribution in [-0.2, 0) is 17.8 Å². The molecule has 1 amide bonds. The highest BCUT2D eigenvalue weighted by Gasteiger charge is 2.45. The van der Waals surface area contributed by atoms with Gasteiger partial charge in [0.2, 0.25) is 5.95 Å². The molecule has 1 saturated heterocycles. The van der Waals surface area contributed by atoms with Gasteiger partial charge in [-0.2, -0.15) is 18.2 Å². The van der Waals surface area contributed by atoms with Crippen molar-refractivity contribution in [2.75, 3.05) is 36.9 Å². The number of rotatable bonds is 9. The average molecular weight is 653 g/mol. The van der Waals surface area contributed by atoms with Gasteiger partial charge in [0.15, 0.2) is 11.5 Å². The molecule has 0 spiro atoms. The van der Waals surface area contributed by atoms with Crippen LogP contribution in [0.15, 0.2) is 60.0 Å².